The third kappa shape index (κ3) is 1.79. The molecule has 5 heterocycles. The maximum Gasteiger partial charge on any atom is 0.204 e. The Bertz CT molecular complexity index is 799. The van der Waals surface area contributed by atoms with Gasteiger partial charge in [0, 0.05) is 26.2 Å². The van der Waals surface area contributed by atoms with Crippen molar-refractivity contribution in [3.63, 3.8) is 0 Å². The van der Waals surface area contributed by atoms with Crippen LogP contribution in [-0.4, -0.2) is 45.8 Å². The molecule has 2 saturated heterocycles. The zero-order chi connectivity index (χ0) is 14.5. The van der Waals surface area contributed by atoms with Crippen molar-refractivity contribution in [3.8, 4) is 10.6 Å². The van der Waals surface area contributed by atoms with Crippen molar-refractivity contribution in [2.75, 3.05) is 31.1 Å². The van der Waals surface area contributed by atoms with Crippen LogP contribution in [0, 0.1) is 11.8 Å². The van der Waals surface area contributed by atoms with Crippen molar-refractivity contribution in [1.82, 2.24) is 24.9 Å². The van der Waals surface area contributed by atoms with E-state index in [0.29, 0.717) is 0 Å². The second-order valence-corrected chi connectivity index (χ2v) is 7.00. The van der Waals surface area contributed by atoms with E-state index < -0.39 is 0 Å². The van der Waals surface area contributed by atoms with E-state index in [9.17, 15) is 0 Å². The first-order valence-electron chi connectivity index (χ1n) is 7.58. The van der Waals surface area contributed by atoms with Crippen LogP contribution < -0.4 is 10.2 Å². The summed E-state index contributed by atoms with van der Waals surface area (Å²) in [5.41, 5.74) is 1.92. The minimum atomic E-state index is 0.738. The van der Waals surface area contributed by atoms with E-state index in [0.717, 1.165) is 55.2 Å². The van der Waals surface area contributed by atoms with E-state index in [1.807, 2.05) is 6.20 Å². The Balaban J connectivity index is 1.59. The lowest BCUT2D eigenvalue weighted by Crippen LogP contribution is -2.26. The Morgan fingerprint density at radius 1 is 1.23 bits per heavy atom. The average molecular weight is 312 g/mol. The topological polar surface area (TPSA) is 58.4 Å². The molecule has 22 heavy (non-hydrogen) atoms. The largest absolute Gasteiger partial charge is 0.353 e. The van der Waals surface area contributed by atoms with Crippen LogP contribution in [0.2, 0.25) is 0 Å². The van der Waals surface area contributed by atoms with E-state index >= 15 is 0 Å². The summed E-state index contributed by atoms with van der Waals surface area (Å²) in [6.45, 7) is 4.37. The number of nitrogens with zero attached hydrogens (tertiary/aromatic N) is 5. The summed E-state index contributed by atoms with van der Waals surface area (Å²) in [4.78, 5) is 8.29. The minimum absolute atomic E-state index is 0.738. The van der Waals surface area contributed by atoms with Gasteiger partial charge in [-0.15, -0.1) is 21.5 Å². The van der Waals surface area contributed by atoms with Crippen LogP contribution in [0.25, 0.3) is 16.2 Å². The van der Waals surface area contributed by atoms with Crippen LogP contribution in [0.5, 0.6) is 0 Å². The number of anilines is 1. The van der Waals surface area contributed by atoms with Gasteiger partial charge in [0.15, 0.2) is 5.82 Å². The molecular weight excluding hydrogens is 296 g/mol. The fraction of sp³-hybridized carbons (Fsp3) is 0.400. The van der Waals surface area contributed by atoms with Gasteiger partial charge in [-0.25, -0.2) is 4.98 Å². The first kappa shape index (κ1) is 12.5. The van der Waals surface area contributed by atoms with E-state index in [1.165, 1.54) is 4.88 Å². The first-order chi connectivity index (χ1) is 10.9. The number of hydrogen-bond acceptors (Lipinski definition) is 6. The first-order valence-corrected chi connectivity index (χ1v) is 8.46. The fourth-order valence-corrected chi connectivity index (χ4v) is 4.40. The van der Waals surface area contributed by atoms with E-state index in [-0.39, 0.29) is 0 Å². The lowest BCUT2D eigenvalue weighted by atomic mass is 10.0. The lowest BCUT2D eigenvalue weighted by molar-refractivity contribution is 0.533. The third-order valence-electron chi connectivity index (χ3n) is 4.78. The number of fused-ring (bicyclic) bond motifs is 2. The Hall–Kier alpha value is -1.99. The lowest BCUT2D eigenvalue weighted by Gasteiger charge is -2.19. The van der Waals surface area contributed by atoms with Crippen molar-refractivity contribution < 1.29 is 0 Å². The summed E-state index contributed by atoms with van der Waals surface area (Å²) < 4.78 is 2.06. The summed E-state index contributed by atoms with van der Waals surface area (Å²) in [7, 11) is 0. The molecular formula is C15H16N6S. The summed E-state index contributed by atoms with van der Waals surface area (Å²) in [6, 6.07) is 4.16. The highest BCUT2D eigenvalue weighted by molar-refractivity contribution is 7.13. The van der Waals surface area contributed by atoms with Gasteiger partial charge >= 0.3 is 0 Å². The monoisotopic (exact) mass is 312 g/mol. The van der Waals surface area contributed by atoms with Crippen molar-refractivity contribution in [2.45, 2.75) is 0 Å². The predicted molar refractivity (Wildman–Crippen MR) is 86.2 cm³/mol. The standard InChI is InChI=1S/C15H16N6S/c1-2-13(22-3-1)12-6-17-14(15-19-18-9-21(12)15)20-7-10-4-16-5-11(10)8-20/h1-3,6,9-11,16H,4-5,7-8H2. The van der Waals surface area contributed by atoms with Crippen LogP contribution in [0.15, 0.2) is 30.0 Å². The van der Waals surface area contributed by atoms with Crippen molar-refractivity contribution in [2.24, 2.45) is 11.8 Å². The molecule has 0 aromatic carbocycles. The predicted octanol–water partition coefficient (Wildman–Crippen LogP) is 1.51. The van der Waals surface area contributed by atoms with Gasteiger partial charge in [0.25, 0.3) is 0 Å². The number of thiophene rings is 1. The molecule has 2 atom stereocenters. The second-order valence-electron chi connectivity index (χ2n) is 6.05. The zero-order valence-corrected chi connectivity index (χ0v) is 12.8. The van der Waals surface area contributed by atoms with Gasteiger partial charge in [-0.3, -0.25) is 4.40 Å². The molecule has 5 rings (SSSR count). The van der Waals surface area contributed by atoms with E-state index in [2.05, 4.69) is 42.3 Å². The maximum absolute atomic E-state index is 4.73. The molecule has 0 spiro atoms. The van der Waals surface area contributed by atoms with Crippen LogP contribution in [-0.2, 0) is 0 Å². The minimum Gasteiger partial charge on any atom is -0.353 e. The molecule has 3 aromatic heterocycles. The molecule has 7 heteroatoms. The van der Waals surface area contributed by atoms with Gasteiger partial charge in [0.1, 0.15) is 6.33 Å². The van der Waals surface area contributed by atoms with Gasteiger partial charge in [0.2, 0.25) is 5.65 Å². The highest BCUT2D eigenvalue weighted by atomic mass is 32.1. The summed E-state index contributed by atoms with van der Waals surface area (Å²) in [5, 5.41) is 14.0. The molecule has 1 N–H and O–H groups in total. The molecule has 112 valence electrons. The van der Waals surface area contributed by atoms with Crippen molar-refractivity contribution in [1.29, 1.82) is 0 Å². The Morgan fingerprint density at radius 2 is 2.09 bits per heavy atom. The van der Waals surface area contributed by atoms with E-state index in [1.54, 1.807) is 17.7 Å². The van der Waals surface area contributed by atoms with Crippen molar-refractivity contribution >= 4 is 22.8 Å². The van der Waals surface area contributed by atoms with Gasteiger partial charge in [-0.1, -0.05) is 6.07 Å². The molecule has 0 bridgehead atoms. The molecule has 0 amide bonds. The molecule has 6 nitrogen and oxygen atoms in total. The zero-order valence-electron chi connectivity index (χ0n) is 12.0. The molecule has 2 unspecified atom stereocenters. The maximum atomic E-state index is 4.73. The number of aromatic nitrogens is 4. The van der Waals surface area contributed by atoms with Crippen LogP contribution in [0.3, 0.4) is 0 Å². The number of nitrogens with one attached hydrogen (secondary N) is 1. The fourth-order valence-electron chi connectivity index (χ4n) is 3.66. The van der Waals surface area contributed by atoms with Crippen LogP contribution in [0.4, 0.5) is 5.82 Å². The van der Waals surface area contributed by atoms with Gasteiger partial charge in [0.05, 0.1) is 16.8 Å². The van der Waals surface area contributed by atoms with Gasteiger partial charge in [-0.05, 0) is 23.3 Å². The molecule has 2 fully saturated rings. The van der Waals surface area contributed by atoms with Crippen LogP contribution >= 0.6 is 11.3 Å². The molecule has 2 aliphatic rings. The quantitative estimate of drug-likeness (QED) is 0.777. The third-order valence-corrected chi connectivity index (χ3v) is 5.67. The summed E-state index contributed by atoms with van der Waals surface area (Å²) in [6.07, 6.45) is 3.73. The SMILES string of the molecule is c1csc(-c2cnc(N3CC4CNCC4C3)c3nncn23)c1. The molecule has 2 aliphatic heterocycles. The molecule has 0 aliphatic carbocycles. The smallest absolute Gasteiger partial charge is 0.204 e. The van der Waals surface area contributed by atoms with Gasteiger partial charge < -0.3 is 10.2 Å². The Kier molecular flexibility index (Phi) is 2.71. The van der Waals surface area contributed by atoms with Crippen LogP contribution in [0.1, 0.15) is 0 Å². The summed E-state index contributed by atoms with van der Waals surface area (Å²) in [5.74, 6) is 2.44. The highest BCUT2D eigenvalue weighted by Crippen LogP contribution is 2.33. The number of hydrogen-bond donors (Lipinski definition) is 1. The summed E-state index contributed by atoms with van der Waals surface area (Å²) >= 11 is 1.71. The molecule has 3 aromatic rings. The Morgan fingerprint density at radius 3 is 2.86 bits per heavy atom. The number of rotatable bonds is 2. The van der Waals surface area contributed by atoms with Gasteiger partial charge in [-0.2, -0.15) is 0 Å². The highest BCUT2D eigenvalue weighted by Gasteiger charge is 2.37. The molecule has 0 saturated carbocycles. The average Bonchev–Trinajstić information content (AvgIpc) is 3.28. The Labute approximate surface area is 131 Å². The van der Waals surface area contributed by atoms with E-state index in [4.69, 9.17) is 4.98 Å². The normalized spacial score (nSPS) is 24.3. The van der Waals surface area contributed by atoms with Crippen molar-refractivity contribution in [3.05, 3.63) is 30.0 Å². The second kappa shape index (κ2) is 4.76. The molecule has 0 radical (unpaired) electrons.